The first kappa shape index (κ1) is 18.1. The number of benzene rings is 1. The van der Waals surface area contributed by atoms with E-state index >= 15 is 0 Å². The smallest absolute Gasteiger partial charge is 0.293 e. The maximum absolute atomic E-state index is 12.4. The Balaban J connectivity index is 2.14. The first-order chi connectivity index (χ1) is 10.9. The highest BCUT2D eigenvalue weighted by molar-refractivity contribution is 6.42. The molecule has 1 aromatic carbocycles. The first-order valence-corrected chi connectivity index (χ1v) is 8.50. The number of anilines is 1. The highest BCUT2D eigenvalue weighted by Crippen LogP contribution is 2.33. The summed E-state index contributed by atoms with van der Waals surface area (Å²) in [6.07, 6.45) is 5.92. The molecule has 0 aliphatic rings. The number of rotatable bonds is 5. The SMILES string of the molecule is CCCc1cc[n+]([C@@H](C)C(=O)Nc2c(Cl)cc(Cl)cc2Cl)cc1. The molecule has 23 heavy (non-hydrogen) atoms. The molecule has 2 rings (SSSR count). The third-order valence-corrected chi connectivity index (χ3v) is 4.36. The van der Waals surface area contributed by atoms with Crippen LogP contribution in [0.25, 0.3) is 0 Å². The van der Waals surface area contributed by atoms with Crippen molar-refractivity contribution in [1.82, 2.24) is 0 Å². The monoisotopic (exact) mass is 371 g/mol. The molecular formula is C17H18Cl3N2O+. The normalized spacial score (nSPS) is 12.0. The molecule has 1 atom stereocenters. The van der Waals surface area contributed by atoms with Crippen molar-refractivity contribution in [3.8, 4) is 0 Å². The standard InChI is InChI=1S/C17H17Cl3N2O/c1-3-4-12-5-7-22(8-6-12)11(2)17(23)21-16-14(19)9-13(18)10-15(16)20/h5-11H,3-4H2,1-2H3/p+1/t11-/m0/s1. The molecule has 0 unspecified atom stereocenters. The molecule has 0 radical (unpaired) electrons. The quantitative estimate of drug-likeness (QED) is 0.729. The Labute approximate surface area is 151 Å². The average molecular weight is 373 g/mol. The molecule has 0 aliphatic carbocycles. The van der Waals surface area contributed by atoms with Crippen LogP contribution in [-0.4, -0.2) is 5.91 Å². The van der Waals surface area contributed by atoms with Gasteiger partial charge in [-0.15, -0.1) is 0 Å². The Morgan fingerprint density at radius 1 is 1.17 bits per heavy atom. The molecule has 0 spiro atoms. The van der Waals surface area contributed by atoms with Crippen LogP contribution in [0.1, 0.15) is 31.9 Å². The minimum absolute atomic E-state index is 0.204. The van der Waals surface area contributed by atoms with E-state index in [1.54, 1.807) is 12.1 Å². The minimum atomic E-state index is -0.395. The van der Waals surface area contributed by atoms with Gasteiger partial charge in [0.15, 0.2) is 12.4 Å². The number of halogens is 3. The van der Waals surface area contributed by atoms with Gasteiger partial charge in [-0.05, 0) is 24.1 Å². The molecule has 0 aliphatic heterocycles. The lowest BCUT2D eigenvalue weighted by Crippen LogP contribution is -2.44. The molecule has 1 amide bonds. The van der Waals surface area contributed by atoms with Crippen LogP contribution >= 0.6 is 34.8 Å². The molecule has 0 saturated carbocycles. The zero-order valence-corrected chi connectivity index (χ0v) is 15.2. The second-order valence-electron chi connectivity index (χ2n) is 5.31. The highest BCUT2D eigenvalue weighted by Gasteiger charge is 2.23. The first-order valence-electron chi connectivity index (χ1n) is 7.37. The lowest BCUT2D eigenvalue weighted by atomic mass is 10.1. The number of hydrogen-bond donors (Lipinski definition) is 1. The van der Waals surface area contributed by atoms with Crippen LogP contribution in [0, 0.1) is 0 Å². The summed E-state index contributed by atoms with van der Waals surface area (Å²) in [6.45, 7) is 3.95. The molecule has 1 aromatic heterocycles. The number of nitrogens with zero attached hydrogens (tertiary/aromatic N) is 1. The predicted octanol–water partition coefficient (Wildman–Crippen LogP) is 5.09. The van der Waals surface area contributed by atoms with Crippen LogP contribution in [-0.2, 0) is 11.2 Å². The predicted molar refractivity (Wildman–Crippen MR) is 95.4 cm³/mol. The second kappa shape index (κ2) is 8.00. The molecule has 1 N–H and O–H groups in total. The van der Waals surface area contributed by atoms with E-state index in [4.69, 9.17) is 34.8 Å². The van der Waals surface area contributed by atoms with Gasteiger partial charge in [0.1, 0.15) is 0 Å². The van der Waals surface area contributed by atoms with Gasteiger partial charge in [0, 0.05) is 24.1 Å². The summed E-state index contributed by atoms with van der Waals surface area (Å²) < 4.78 is 1.84. The number of pyridine rings is 1. The number of hydrogen-bond acceptors (Lipinski definition) is 1. The number of carbonyl (C=O) groups is 1. The number of nitrogens with one attached hydrogen (secondary N) is 1. The lowest BCUT2D eigenvalue weighted by Gasteiger charge is -2.12. The summed E-state index contributed by atoms with van der Waals surface area (Å²) in [5.74, 6) is -0.204. The van der Waals surface area contributed by atoms with Crippen molar-refractivity contribution in [2.24, 2.45) is 0 Å². The van der Waals surface area contributed by atoms with Gasteiger partial charge >= 0.3 is 0 Å². The fourth-order valence-corrected chi connectivity index (χ4v) is 3.12. The van der Waals surface area contributed by atoms with Crippen LogP contribution in [0.15, 0.2) is 36.7 Å². The molecular weight excluding hydrogens is 355 g/mol. The van der Waals surface area contributed by atoms with Gasteiger partial charge in [0.25, 0.3) is 5.91 Å². The van der Waals surface area contributed by atoms with E-state index in [0.29, 0.717) is 20.8 Å². The Hall–Kier alpha value is -1.29. The molecule has 122 valence electrons. The summed E-state index contributed by atoms with van der Waals surface area (Å²) in [5, 5.41) is 3.81. The van der Waals surface area contributed by atoms with E-state index in [9.17, 15) is 4.79 Å². The molecule has 2 aromatic rings. The van der Waals surface area contributed by atoms with Crippen molar-refractivity contribution < 1.29 is 9.36 Å². The molecule has 6 heteroatoms. The number of carbonyl (C=O) groups excluding carboxylic acids is 1. The summed E-state index contributed by atoms with van der Waals surface area (Å²) >= 11 is 18.1. The van der Waals surface area contributed by atoms with Gasteiger partial charge in [-0.2, -0.15) is 4.57 Å². The van der Waals surface area contributed by atoms with E-state index in [2.05, 4.69) is 12.2 Å². The molecule has 1 heterocycles. The van der Waals surface area contributed by atoms with Gasteiger partial charge in [-0.3, -0.25) is 4.79 Å². The number of amides is 1. The molecule has 0 fully saturated rings. The Bertz CT molecular complexity index is 678. The fraction of sp³-hybridized carbons (Fsp3) is 0.294. The fourth-order valence-electron chi connectivity index (χ4n) is 2.21. The largest absolute Gasteiger partial charge is 0.318 e. The van der Waals surface area contributed by atoms with Crippen molar-refractivity contribution in [3.05, 3.63) is 57.3 Å². The molecule has 3 nitrogen and oxygen atoms in total. The van der Waals surface area contributed by atoms with Crippen molar-refractivity contribution in [2.45, 2.75) is 32.7 Å². The van der Waals surface area contributed by atoms with Crippen molar-refractivity contribution in [1.29, 1.82) is 0 Å². The van der Waals surface area contributed by atoms with E-state index in [1.165, 1.54) is 5.56 Å². The summed E-state index contributed by atoms with van der Waals surface area (Å²) in [6, 6.07) is 6.74. The second-order valence-corrected chi connectivity index (χ2v) is 6.56. The third kappa shape index (κ3) is 4.60. The van der Waals surface area contributed by atoms with Crippen molar-refractivity contribution in [3.63, 3.8) is 0 Å². The number of aromatic nitrogens is 1. The van der Waals surface area contributed by atoms with Crippen LogP contribution in [0.2, 0.25) is 15.1 Å². The van der Waals surface area contributed by atoms with Gasteiger partial charge < -0.3 is 5.32 Å². The van der Waals surface area contributed by atoms with Crippen LogP contribution < -0.4 is 9.88 Å². The minimum Gasteiger partial charge on any atom is -0.318 e. The van der Waals surface area contributed by atoms with Gasteiger partial charge in [-0.1, -0.05) is 48.1 Å². The lowest BCUT2D eigenvalue weighted by molar-refractivity contribution is -0.705. The van der Waals surface area contributed by atoms with Gasteiger partial charge in [0.05, 0.1) is 15.7 Å². The van der Waals surface area contributed by atoms with Crippen LogP contribution in [0.4, 0.5) is 5.69 Å². The zero-order chi connectivity index (χ0) is 17.0. The summed E-state index contributed by atoms with van der Waals surface area (Å²) in [4.78, 5) is 12.4. The van der Waals surface area contributed by atoms with E-state index in [0.717, 1.165) is 12.8 Å². The van der Waals surface area contributed by atoms with E-state index in [-0.39, 0.29) is 5.91 Å². The number of aryl methyl sites for hydroxylation is 1. The third-order valence-electron chi connectivity index (χ3n) is 3.54. The van der Waals surface area contributed by atoms with Crippen LogP contribution in [0.5, 0.6) is 0 Å². The maximum atomic E-state index is 12.4. The van der Waals surface area contributed by atoms with Crippen molar-refractivity contribution >= 4 is 46.4 Å². The molecule has 0 saturated heterocycles. The van der Waals surface area contributed by atoms with Gasteiger partial charge in [0.2, 0.25) is 6.04 Å². The Morgan fingerprint density at radius 2 is 1.74 bits per heavy atom. The van der Waals surface area contributed by atoms with E-state index in [1.807, 2.05) is 36.0 Å². The maximum Gasteiger partial charge on any atom is 0.293 e. The summed E-state index contributed by atoms with van der Waals surface area (Å²) in [7, 11) is 0. The Morgan fingerprint density at radius 3 is 2.26 bits per heavy atom. The highest BCUT2D eigenvalue weighted by atomic mass is 35.5. The van der Waals surface area contributed by atoms with Crippen LogP contribution in [0.3, 0.4) is 0 Å². The topological polar surface area (TPSA) is 33.0 Å². The Kier molecular flexibility index (Phi) is 6.28. The van der Waals surface area contributed by atoms with Gasteiger partial charge in [-0.25, -0.2) is 0 Å². The molecule has 0 bridgehead atoms. The summed E-state index contributed by atoms with van der Waals surface area (Å²) in [5.41, 5.74) is 1.62. The zero-order valence-electron chi connectivity index (χ0n) is 12.9. The van der Waals surface area contributed by atoms with Crippen molar-refractivity contribution in [2.75, 3.05) is 5.32 Å². The average Bonchev–Trinajstić information content (AvgIpc) is 2.51. The van der Waals surface area contributed by atoms with E-state index < -0.39 is 6.04 Å².